The van der Waals surface area contributed by atoms with Crippen LogP contribution < -0.4 is 34.3 Å². The third-order valence-electron chi connectivity index (χ3n) is 4.05. The summed E-state index contributed by atoms with van der Waals surface area (Å²) in [6.07, 6.45) is 1.68. The summed E-state index contributed by atoms with van der Waals surface area (Å²) in [5, 5.41) is 0.467. The second-order valence-corrected chi connectivity index (χ2v) is 7.35. The van der Waals surface area contributed by atoms with Crippen molar-refractivity contribution >= 4 is 21.8 Å². The Morgan fingerprint density at radius 2 is 2.04 bits per heavy atom. The first-order valence-corrected chi connectivity index (χ1v) is 9.90. The number of hydrogen-bond donors (Lipinski definition) is 1. The van der Waals surface area contributed by atoms with Crippen LogP contribution >= 0.6 is 0 Å². The molecule has 0 amide bonds. The Kier molecular flexibility index (Phi) is 8.44. The van der Waals surface area contributed by atoms with Crippen molar-refractivity contribution in [3.05, 3.63) is 47.3 Å². The molecule has 0 radical (unpaired) electrons. The zero-order chi connectivity index (χ0) is 18.5. The van der Waals surface area contributed by atoms with Crippen molar-refractivity contribution in [2.75, 3.05) is 19.8 Å². The van der Waals surface area contributed by atoms with Crippen LogP contribution in [0.4, 0.5) is 0 Å². The molecule has 140 valence electrons. The quantitative estimate of drug-likeness (QED) is 0.440. The third kappa shape index (κ3) is 5.62. The van der Waals surface area contributed by atoms with Crippen molar-refractivity contribution in [2.45, 2.75) is 31.7 Å². The molecule has 0 aliphatic rings. The van der Waals surface area contributed by atoms with Gasteiger partial charge in [0.05, 0.1) is 39.9 Å². The molecular formula is C19H24N3NaO3S. The minimum absolute atomic E-state index is 0. The van der Waals surface area contributed by atoms with Gasteiger partial charge in [0.15, 0.2) is 5.16 Å². The van der Waals surface area contributed by atoms with Crippen LogP contribution in [0.1, 0.15) is 25.2 Å². The Bertz CT molecular complexity index is 936. The molecule has 2 heterocycles. The number of pyridine rings is 1. The minimum Gasteiger partial charge on any atom is -1.00 e. The Morgan fingerprint density at radius 1 is 1.22 bits per heavy atom. The molecule has 1 N–H and O–H groups in total. The standard InChI is InChI=1S/C19H23N3O3S.Na.H/c1-4-24-9-10-25-18-7-8-20-17(14(18)3)12-26(23)19-21-15-6-5-13(2)11-16(15)22-19;;/h5-8,11H,4,9-10,12H2,1-3H3,(H,21,22);;/q;+1;-1. The maximum absolute atomic E-state index is 12.7. The van der Waals surface area contributed by atoms with Crippen LogP contribution in [0, 0.1) is 13.8 Å². The average Bonchev–Trinajstić information content (AvgIpc) is 3.05. The summed E-state index contributed by atoms with van der Waals surface area (Å²) in [4.78, 5) is 12.0. The number of nitrogens with one attached hydrogen (secondary N) is 1. The van der Waals surface area contributed by atoms with Gasteiger partial charge in [-0.2, -0.15) is 0 Å². The van der Waals surface area contributed by atoms with Gasteiger partial charge in [-0.15, -0.1) is 0 Å². The van der Waals surface area contributed by atoms with Crippen LogP contribution in [-0.4, -0.2) is 39.0 Å². The summed E-state index contributed by atoms with van der Waals surface area (Å²) in [5.41, 5.74) is 4.48. The summed E-state index contributed by atoms with van der Waals surface area (Å²) in [5.74, 6) is 1.03. The summed E-state index contributed by atoms with van der Waals surface area (Å²) in [6, 6.07) is 7.74. The van der Waals surface area contributed by atoms with Gasteiger partial charge in [-0.25, -0.2) is 4.98 Å². The summed E-state index contributed by atoms with van der Waals surface area (Å²) < 4.78 is 23.8. The van der Waals surface area contributed by atoms with Gasteiger partial charge in [-0.1, -0.05) is 6.07 Å². The van der Waals surface area contributed by atoms with Crippen molar-refractivity contribution in [1.29, 1.82) is 0 Å². The van der Waals surface area contributed by atoms with E-state index in [2.05, 4.69) is 15.0 Å². The van der Waals surface area contributed by atoms with Gasteiger partial charge in [0, 0.05) is 18.4 Å². The molecule has 0 saturated heterocycles. The van der Waals surface area contributed by atoms with E-state index in [0.29, 0.717) is 25.0 Å². The van der Waals surface area contributed by atoms with E-state index in [1.54, 1.807) is 6.20 Å². The largest absolute Gasteiger partial charge is 1.00 e. The van der Waals surface area contributed by atoms with Crippen LogP contribution in [0.15, 0.2) is 35.6 Å². The van der Waals surface area contributed by atoms with Gasteiger partial charge in [0.2, 0.25) is 0 Å². The molecule has 1 unspecified atom stereocenters. The first-order chi connectivity index (χ1) is 12.6. The van der Waals surface area contributed by atoms with Gasteiger partial charge in [0.25, 0.3) is 0 Å². The maximum Gasteiger partial charge on any atom is 1.00 e. The predicted molar refractivity (Wildman–Crippen MR) is 103 cm³/mol. The van der Waals surface area contributed by atoms with E-state index in [4.69, 9.17) is 9.47 Å². The molecule has 0 bridgehead atoms. The average molecular weight is 397 g/mol. The van der Waals surface area contributed by atoms with Gasteiger partial charge in [-0.05, 0) is 44.5 Å². The van der Waals surface area contributed by atoms with Crippen LogP contribution in [-0.2, 0) is 21.3 Å². The van der Waals surface area contributed by atoms with Crippen LogP contribution in [0.3, 0.4) is 0 Å². The second kappa shape index (κ2) is 10.3. The van der Waals surface area contributed by atoms with E-state index in [0.717, 1.165) is 33.6 Å². The Balaban J connectivity index is 0.00000196. The molecular weight excluding hydrogens is 373 g/mol. The molecule has 27 heavy (non-hydrogen) atoms. The van der Waals surface area contributed by atoms with Crippen LogP contribution in [0.25, 0.3) is 11.0 Å². The van der Waals surface area contributed by atoms with Gasteiger partial charge in [-0.3, -0.25) is 9.19 Å². The topological polar surface area (TPSA) is 77.1 Å². The molecule has 0 aliphatic heterocycles. The first kappa shape index (κ1) is 22.0. The molecule has 8 heteroatoms. The number of ether oxygens (including phenoxy) is 2. The van der Waals surface area contributed by atoms with E-state index >= 15 is 0 Å². The number of rotatable bonds is 8. The van der Waals surface area contributed by atoms with Gasteiger partial charge in [0.1, 0.15) is 12.4 Å². The number of hydrogen-bond acceptors (Lipinski definition) is 5. The van der Waals surface area contributed by atoms with E-state index in [9.17, 15) is 4.21 Å². The number of benzene rings is 1. The molecule has 2 aromatic heterocycles. The van der Waals surface area contributed by atoms with Crippen LogP contribution in [0.2, 0.25) is 0 Å². The minimum atomic E-state index is -1.31. The molecule has 1 atom stereocenters. The first-order valence-electron chi connectivity index (χ1n) is 8.58. The number of H-pyrrole nitrogens is 1. The number of imidazole rings is 1. The molecule has 0 saturated carbocycles. The van der Waals surface area contributed by atoms with Gasteiger partial charge >= 0.3 is 29.6 Å². The fourth-order valence-electron chi connectivity index (χ4n) is 2.62. The van der Waals surface area contributed by atoms with E-state index in [-0.39, 0.29) is 36.7 Å². The predicted octanol–water partition coefficient (Wildman–Crippen LogP) is 0.414. The monoisotopic (exact) mass is 397 g/mol. The number of fused-ring (bicyclic) bond motifs is 1. The SMILES string of the molecule is CCOCCOc1ccnc(CS(=O)c2nc3ccc(C)cc3[nH]2)c1C.[H-].[Na+]. The molecule has 0 aliphatic carbocycles. The van der Waals surface area contributed by atoms with Crippen molar-refractivity contribution < 1.29 is 44.7 Å². The van der Waals surface area contributed by atoms with Gasteiger partial charge < -0.3 is 15.9 Å². The number of aromatic nitrogens is 3. The van der Waals surface area contributed by atoms with Crippen molar-refractivity contribution in [1.82, 2.24) is 15.0 Å². The van der Waals surface area contributed by atoms with Crippen molar-refractivity contribution in [2.24, 2.45) is 0 Å². The van der Waals surface area contributed by atoms with Crippen LogP contribution in [0.5, 0.6) is 5.75 Å². The smallest absolute Gasteiger partial charge is 1.00 e. The molecule has 0 fully saturated rings. The number of aromatic amines is 1. The Morgan fingerprint density at radius 3 is 2.81 bits per heavy atom. The second-order valence-electron chi connectivity index (χ2n) is 5.98. The number of aryl methyl sites for hydroxylation is 1. The fourth-order valence-corrected chi connectivity index (χ4v) is 3.72. The zero-order valence-electron chi connectivity index (χ0n) is 17.2. The van der Waals surface area contributed by atoms with Crippen molar-refractivity contribution in [3.63, 3.8) is 0 Å². The summed E-state index contributed by atoms with van der Waals surface area (Å²) in [6.45, 7) is 7.57. The third-order valence-corrected chi connectivity index (χ3v) is 5.21. The van der Waals surface area contributed by atoms with E-state index in [1.807, 2.05) is 45.0 Å². The Labute approximate surface area is 185 Å². The molecule has 1 aromatic carbocycles. The van der Waals surface area contributed by atoms with E-state index in [1.165, 1.54) is 0 Å². The summed E-state index contributed by atoms with van der Waals surface area (Å²) >= 11 is 0. The normalized spacial score (nSPS) is 12.0. The number of nitrogens with zero attached hydrogens (tertiary/aromatic N) is 2. The van der Waals surface area contributed by atoms with Crippen molar-refractivity contribution in [3.8, 4) is 5.75 Å². The fraction of sp³-hybridized carbons (Fsp3) is 0.368. The van der Waals surface area contributed by atoms with E-state index < -0.39 is 10.8 Å². The molecule has 3 rings (SSSR count). The zero-order valence-corrected chi connectivity index (χ0v) is 19.1. The maximum atomic E-state index is 12.7. The molecule has 6 nitrogen and oxygen atoms in total. The Hall–Kier alpha value is -1.25. The molecule has 3 aromatic rings. The molecule has 0 spiro atoms. The summed E-state index contributed by atoms with van der Waals surface area (Å²) in [7, 11) is -1.31.